The van der Waals surface area contributed by atoms with Crippen molar-refractivity contribution >= 4 is 10.9 Å². The van der Waals surface area contributed by atoms with E-state index in [1.54, 1.807) is 12.1 Å². The van der Waals surface area contributed by atoms with Crippen LogP contribution in [0.1, 0.15) is 56.5 Å². The summed E-state index contributed by atoms with van der Waals surface area (Å²) in [5.74, 6) is -0.150. The van der Waals surface area contributed by atoms with E-state index in [-0.39, 0.29) is 5.82 Å². The lowest BCUT2D eigenvalue weighted by Crippen LogP contribution is -2.22. The molecule has 2 N–H and O–H groups in total. The summed E-state index contributed by atoms with van der Waals surface area (Å²) in [5.41, 5.74) is 4.53. The number of H-pyrrole nitrogens is 1. The van der Waals surface area contributed by atoms with Crippen LogP contribution in [-0.4, -0.2) is 11.5 Å². The van der Waals surface area contributed by atoms with Crippen molar-refractivity contribution in [1.29, 1.82) is 0 Å². The third-order valence-corrected chi connectivity index (χ3v) is 3.94. The van der Waals surface area contributed by atoms with Gasteiger partial charge in [-0.1, -0.05) is 20.8 Å². The van der Waals surface area contributed by atoms with E-state index < -0.39 is 0 Å². The highest BCUT2D eigenvalue weighted by Crippen LogP contribution is 2.32. The van der Waals surface area contributed by atoms with Gasteiger partial charge >= 0.3 is 0 Å². The van der Waals surface area contributed by atoms with Crippen LogP contribution in [0.5, 0.6) is 0 Å². The Morgan fingerprint density at radius 3 is 2.60 bits per heavy atom. The molecule has 3 heteroatoms. The van der Waals surface area contributed by atoms with Crippen LogP contribution in [0.2, 0.25) is 0 Å². The van der Waals surface area contributed by atoms with Crippen molar-refractivity contribution in [3.8, 4) is 0 Å². The van der Waals surface area contributed by atoms with E-state index in [4.69, 9.17) is 0 Å². The number of halogens is 1. The highest BCUT2D eigenvalue weighted by Gasteiger charge is 2.19. The Hall–Kier alpha value is -1.35. The van der Waals surface area contributed by atoms with E-state index in [1.165, 1.54) is 11.3 Å². The molecule has 0 fully saturated rings. The number of aromatic nitrogens is 1. The van der Waals surface area contributed by atoms with Crippen molar-refractivity contribution in [2.24, 2.45) is 0 Å². The van der Waals surface area contributed by atoms with Crippen LogP contribution in [0.4, 0.5) is 4.39 Å². The second-order valence-corrected chi connectivity index (χ2v) is 5.43. The van der Waals surface area contributed by atoms with Gasteiger partial charge in [0.1, 0.15) is 5.82 Å². The van der Waals surface area contributed by atoms with E-state index in [0.29, 0.717) is 6.04 Å². The van der Waals surface area contributed by atoms with E-state index in [2.05, 4.69) is 31.1 Å². The topological polar surface area (TPSA) is 27.8 Å². The van der Waals surface area contributed by atoms with Gasteiger partial charge in [-0.15, -0.1) is 0 Å². The van der Waals surface area contributed by atoms with Crippen molar-refractivity contribution in [3.05, 3.63) is 34.8 Å². The summed E-state index contributed by atoms with van der Waals surface area (Å²) >= 11 is 0. The van der Waals surface area contributed by atoms with Crippen LogP contribution in [0, 0.1) is 12.7 Å². The Kier molecular flexibility index (Phi) is 4.81. The molecule has 0 amide bonds. The van der Waals surface area contributed by atoms with Crippen molar-refractivity contribution in [2.45, 2.75) is 53.0 Å². The maximum absolute atomic E-state index is 13.8. The first-order valence-electron chi connectivity index (χ1n) is 7.66. The minimum Gasteiger partial charge on any atom is -0.358 e. The molecule has 2 aromatic rings. The zero-order valence-corrected chi connectivity index (χ0v) is 12.9. The summed E-state index contributed by atoms with van der Waals surface area (Å²) in [5, 5.41) is 4.62. The fourth-order valence-electron chi connectivity index (χ4n) is 2.95. The van der Waals surface area contributed by atoms with Gasteiger partial charge in [-0.2, -0.15) is 0 Å². The third kappa shape index (κ3) is 2.73. The maximum Gasteiger partial charge on any atom is 0.124 e. The Morgan fingerprint density at radius 2 is 2.00 bits per heavy atom. The first-order chi connectivity index (χ1) is 9.62. The van der Waals surface area contributed by atoms with E-state index >= 15 is 0 Å². The van der Waals surface area contributed by atoms with Gasteiger partial charge in [-0.3, -0.25) is 0 Å². The molecule has 110 valence electrons. The predicted molar refractivity (Wildman–Crippen MR) is 83.7 cm³/mol. The van der Waals surface area contributed by atoms with Crippen molar-refractivity contribution < 1.29 is 4.39 Å². The SMILES string of the molecule is CCCNC(CC)c1c(CC)[nH]c2c(C)cc(F)cc12. The van der Waals surface area contributed by atoms with Gasteiger partial charge in [-0.25, -0.2) is 4.39 Å². The Bertz CT molecular complexity index is 586. The largest absolute Gasteiger partial charge is 0.358 e. The van der Waals surface area contributed by atoms with Crippen LogP contribution in [0.15, 0.2) is 12.1 Å². The molecule has 1 aromatic heterocycles. The van der Waals surface area contributed by atoms with Gasteiger partial charge in [0.2, 0.25) is 0 Å². The minimum atomic E-state index is -0.150. The monoisotopic (exact) mass is 276 g/mol. The zero-order chi connectivity index (χ0) is 14.7. The molecule has 0 aliphatic carbocycles. The summed E-state index contributed by atoms with van der Waals surface area (Å²) < 4.78 is 13.8. The zero-order valence-electron chi connectivity index (χ0n) is 12.9. The molecular weight excluding hydrogens is 251 g/mol. The highest BCUT2D eigenvalue weighted by molar-refractivity contribution is 5.88. The lowest BCUT2D eigenvalue weighted by atomic mass is 9.98. The van der Waals surface area contributed by atoms with Crippen molar-refractivity contribution in [1.82, 2.24) is 10.3 Å². The molecule has 0 radical (unpaired) electrons. The molecule has 1 heterocycles. The summed E-state index contributed by atoms with van der Waals surface area (Å²) in [6.45, 7) is 9.44. The van der Waals surface area contributed by atoms with Gasteiger partial charge in [-0.05, 0) is 56.0 Å². The first kappa shape index (κ1) is 15.0. The Balaban J connectivity index is 2.59. The van der Waals surface area contributed by atoms with Gasteiger partial charge in [0.25, 0.3) is 0 Å². The van der Waals surface area contributed by atoms with Crippen LogP contribution < -0.4 is 5.32 Å². The van der Waals surface area contributed by atoms with Crippen LogP contribution in [0.25, 0.3) is 10.9 Å². The highest BCUT2D eigenvalue weighted by atomic mass is 19.1. The van der Waals surface area contributed by atoms with Gasteiger partial charge in [0.05, 0.1) is 0 Å². The van der Waals surface area contributed by atoms with Crippen LogP contribution in [-0.2, 0) is 6.42 Å². The molecule has 0 spiro atoms. The fraction of sp³-hybridized carbons (Fsp3) is 0.529. The number of hydrogen-bond acceptors (Lipinski definition) is 1. The summed E-state index contributed by atoms with van der Waals surface area (Å²) in [7, 11) is 0. The standard InChI is InChI=1S/C17H25FN2/c1-5-8-19-14(6-2)16-13-10-12(18)9-11(4)17(13)20-15(16)7-3/h9-10,14,19-20H,5-8H2,1-4H3. The van der Waals surface area contributed by atoms with Crippen molar-refractivity contribution in [2.75, 3.05) is 6.54 Å². The first-order valence-corrected chi connectivity index (χ1v) is 7.66. The summed E-state index contributed by atoms with van der Waals surface area (Å²) in [6.07, 6.45) is 3.05. The third-order valence-electron chi connectivity index (χ3n) is 3.94. The molecular formula is C17H25FN2. The summed E-state index contributed by atoms with van der Waals surface area (Å²) in [6, 6.07) is 3.56. The number of rotatable bonds is 6. The average molecular weight is 276 g/mol. The second-order valence-electron chi connectivity index (χ2n) is 5.43. The lowest BCUT2D eigenvalue weighted by molar-refractivity contribution is 0.517. The number of benzene rings is 1. The van der Waals surface area contributed by atoms with E-state index in [0.717, 1.165) is 42.3 Å². The van der Waals surface area contributed by atoms with Gasteiger partial charge < -0.3 is 10.3 Å². The van der Waals surface area contributed by atoms with Crippen molar-refractivity contribution in [3.63, 3.8) is 0 Å². The molecule has 1 atom stereocenters. The predicted octanol–water partition coefficient (Wildman–Crippen LogP) is 4.63. The Morgan fingerprint density at radius 1 is 1.25 bits per heavy atom. The molecule has 20 heavy (non-hydrogen) atoms. The molecule has 2 rings (SSSR count). The molecule has 0 saturated heterocycles. The Labute approximate surface area is 120 Å². The molecule has 0 saturated carbocycles. The molecule has 0 aliphatic rings. The van der Waals surface area contributed by atoms with E-state index in [1.807, 2.05) is 6.92 Å². The minimum absolute atomic E-state index is 0.150. The normalized spacial score (nSPS) is 13.1. The smallest absolute Gasteiger partial charge is 0.124 e. The number of hydrogen-bond donors (Lipinski definition) is 2. The van der Waals surface area contributed by atoms with Gasteiger partial charge in [0, 0.05) is 22.6 Å². The average Bonchev–Trinajstić information content (AvgIpc) is 2.79. The summed E-state index contributed by atoms with van der Waals surface area (Å²) in [4.78, 5) is 3.49. The lowest BCUT2D eigenvalue weighted by Gasteiger charge is -2.18. The number of aryl methyl sites for hydroxylation is 2. The quantitative estimate of drug-likeness (QED) is 0.791. The molecule has 0 bridgehead atoms. The molecule has 2 nitrogen and oxygen atoms in total. The number of aromatic amines is 1. The van der Waals surface area contributed by atoms with Gasteiger partial charge in [0.15, 0.2) is 0 Å². The van der Waals surface area contributed by atoms with E-state index in [9.17, 15) is 4.39 Å². The fourth-order valence-corrected chi connectivity index (χ4v) is 2.95. The van der Waals surface area contributed by atoms with Crippen LogP contribution in [0.3, 0.4) is 0 Å². The van der Waals surface area contributed by atoms with Crippen LogP contribution >= 0.6 is 0 Å². The number of nitrogens with one attached hydrogen (secondary N) is 2. The second kappa shape index (κ2) is 6.40. The molecule has 1 aromatic carbocycles. The maximum atomic E-state index is 13.8. The molecule has 1 unspecified atom stereocenters. The molecule has 0 aliphatic heterocycles. The number of fused-ring (bicyclic) bond motifs is 1.